The van der Waals surface area contributed by atoms with Crippen molar-refractivity contribution in [3.05, 3.63) is 0 Å². The molecule has 1 saturated carbocycles. The van der Waals surface area contributed by atoms with Crippen LogP contribution in [0.15, 0.2) is 4.99 Å². The van der Waals surface area contributed by atoms with Crippen molar-refractivity contribution < 1.29 is 0 Å². The van der Waals surface area contributed by atoms with E-state index < -0.39 is 0 Å². The zero-order valence-electron chi connectivity index (χ0n) is 10.9. The van der Waals surface area contributed by atoms with Crippen LogP contribution >= 0.6 is 0 Å². The molecule has 0 radical (unpaired) electrons. The van der Waals surface area contributed by atoms with Crippen molar-refractivity contribution in [2.24, 2.45) is 10.8 Å². The number of nitrogens with two attached hydrogens (primary N) is 1. The summed E-state index contributed by atoms with van der Waals surface area (Å²) < 4.78 is 0. The Hall–Kier alpha value is -0.810. The van der Waals surface area contributed by atoms with Crippen LogP contribution in [0.4, 0.5) is 0 Å². The summed E-state index contributed by atoms with van der Waals surface area (Å²) >= 11 is 0. The van der Waals surface area contributed by atoms with E-state index in [1.165, 1.54) is 25.7 Å². The summed E-state index contributed by atoms with van der Waals surface area (Å²) in [5.41, 5.74) is 2.79. The highest BCUT2D eigenvalue weighted by Gasteiger charge is 2.20. The number of rotatable bonds is 2. The van der Waals surface area contributed by atoms with E-state index in [1.807, 2.05) is 0 Å². The van der Waals surface area contributed by atoms with E-state index in [-0.39, 0.29) is 0 Å². The summed E-state index contributed by atoms with van der Waals surface area (Å²) in [5, 5.41) is 0. The van der Waals surface area contributed by atoms with Gasteiger partial charge in [0.15, 0.2) is 0 Å². The van der Waals surface area contributed by atoms with Crippen LogP contribution in [0.5, 0.6) is 0 Å². The fraction of sp³-hybridized carbons (Fsp3) is 0.917. The third kappa shape index (κ3) is 3.33. The van der Waals surface area contributed by atoms with Gasteiger partial charge >= 0.3 is 0 Å². The summed E-state index contributed by atoms with van der Waals surface area (Å²) in [6.45, 7) is 7.64. The molecule has 0 aromatic carbocycles. The molecule has 1 aliphatic heterocycles. The Kier molecular flexibility index (Phi) is 4.62. The molecule has 98 valence electrons. The first-order chi connectivity index (χ1) is 8.33. The van der Waals surface area contributed by atoms with Crippen LogP contribution < -0.4 is 11.3 Å². The third-order valence-electron chi connectivity index (χ3n) is 3.88. The van der Waals surface area contributed by atoms with Gasteiger partial charge < -0.3 is 9.80 Å². The fourth-order valence-corrected chi connectivity index (χ4v) is 2.69. The predicted octanol–water partition coefficient (Wildman–Crippen LogP) is 0.386. The second-order valence-corrected chi connectivity index (χ2v) is 4.96. The standard InChI is InChI=1S/C12H25N5/c1-2-16-7-9-17(10-8-16)12(15-13)14-11-5-3-4-6-11/h11H,2-10,13H2,1H3,(H,14,15). The van der Waals surface area contributed by atoms with E-state index in [2.05, 4.69) is 22.1 Å². The minimum Gasteiger partial charge on any atom is -0.339 e. The molecule has 1 aliphatic carbocycles. The van der Waals surface area contributed by atoms with Crippen LogP contribution in [-0.4, -0.2) is 54.5 Å². The average Bonchev–Trinajstić information content (AvgIpc) is 2.89. The molecular weight excluding hydrogens is 214 g/mol. The topological polar surface area (TPSA) is 56.9 Å². The normalized spacial score (nSPS) is 24.4. The molecule has 1 heterocycles. The molecule has 0 spiro atoms. The van der Waals surface area contributed by atoms with Crippen LogP contribution in [0.1, 0.15) is 32.6 Å². The Morgan fingerprint density at radius 1 is 1.24 bits per heavy atom. The monoisotopic (exact) mass is 239 g/mol. The maximum absolute atomic E-state index is 5.61. The molecule has 2 aliphatic rings. The van der Waals surface area contributed by atoms with Crippen LogP contribution in [0.3, 0.4) is 0 Å². The summed E-state index contributed by atoms with van der Waals surface area (Å²) in [4.78, 5) is 9.50. The van der Waals surface area contributed by atoms with Crippen LogP contribution in [-0.2, 0) is 0 Å². The lowest BCUT2D eigenvalue weighted by molar-refractivity contribution is 0.186. The number of nitrogens with one attached hydrogen (secondary N) is 1. The number of hydrogen-bond acceptors (Lipinski definition) is 3. The van der Waals surface area contributed by atoms with Crippen LogP contribution in [0, 0.1) is 0 Å². The Balaban J connectivity index is 1.89. The molecular formula is C12H25N5. The summed E-state index contributed by atoms with van der Waals surface area (Å²) in [6, 6.07) is 0.491. The largest absolute Gasteiger partial charge is 0.339 e. The Labute approximate surface area is 104 Å². The number of nitrogens with zero attached hydrogens (tertiary/aromatic N) is 3. The van der Waals surface area contributed by atoms with Crippen molar-refractivity contribution in [1.29, 1.82) is 0 Å². The first kappa shape index (κ1) is 12.6. The molecule has 5 heteroatoms. The zero-order valence-corrected chi connectivity index (χ0v) is 10.9. The fourth-order valence-electron chi connectivity index (χ4n) is 2.69. The Bertz CT molecular complexity index is 252. The molecule has 17 heavy (non-hydrogen) atoms. The number of piperazine rings is 1. The molecule has 0 atom stereocenters. The van der Waals surface area contributed by atoms with Gasteiger partial charge in [0, 0.05) is 26.2 Å². The van der Waals surface area contributed by atoms with Crippen molar-refractivity contribution in [3.8, 4) is 0 Å². The highest BCUT2D eigenvalue weighted by molar-refractivity contribution is 5.79. The van der Waals surface area contributed by atoms with Crippen molar-refractivity contribution >= 4 is 5.96 Å². The van der Waals surface area contributed by atoms with Crippen molar-refractivity contribution in [2.75, 3.05) is 32.7 Å². The SMILES string of the molecule is CCN1CCN(C(=NC2CCCC2)NN)CC1. The van der Waals surface area contributed by atoms with E-state index >= 15 is 0 Å². The van der Waals surface area contributed by atoms with Gasteiger partial charge in [0.05, 0.1) is 6.04 Å². The van der Waals surface area contributed by atoms with Gasteiger partial charge in [-0.15, -0.1) is 0 Å². The highest BCUT2D eigenvalue weighted by Crippen LogP contribution is 2.21. The van der Waals surface area contributed by atoms with Crippen molar-refractivity contribution in [3.63, 3.8) is 0 Å². The minimum atomic E-state index is 0.491. The van der Waals surface area contributed by atoms with Gasteiger partial charge in [-0.2, -0.15) is 0 Å². The number of likely N-dealkylation sites (N-methyl/N-ethyl adjacent to an activating group) is 1. The van der Waals surface area contributed by atoms with E-state index in [0.29, 0.717) is 6.04 Å². The Morgan fingerprint density at radius 2 is 1.88 bits per heavy atom. The molecule has 2 fully saturated rings. The van der Waals surface area contributed by atoms with Gasteiger partial charge in [-0.1, -0.05) is 19.8 Å². The first-order valence-corrected chi connectivity index (χ1v) is 6.85. The van der Waals surface area contributed by atoms with Gasteiger partial charge in [-0.25, -0.2) is 10.8 Å². The van der Waals surface area contributed by atoms with E-state index in [9.17, 15) is 0 Å². The lowest BCUT2D eigenvalue weighted by Crippen LogP contribution is -2.54. The molecule has 1 saturated heterocycles. The molecule has 3 N–H and O–H groups in total. The van der Waals surface area contributed by atoms with E-state index in [0.717, 1.165) is 38.7 Å². The van der Waals surface area contributed by atoms with Gasteiger partial charge in [0.1, 0.15) is 0 Å². The number of hydrogen-bond donors (Lipinski definition) is 2. The molecule has 2 rings (SSSR count). The molecule has 0 unspecified atom stereocenters. The molecule has 0 amide bonds. The lowest BCUT2D eigenvalue weighted by atomic mass is 10.3. The van der Waals surface area contributed by atoms with Crippen LogP contribution in [0.25, 0.3) is 0 Å². The quantitative estimate of drug-likeness (QED) is 0.317. The van der Waals surface area contributed by atoms with Crippen molar-refractivity contribution in [1.82, 2.24) is 15.2 Å². The van der Waals surface area contributed by atoms with Gasteiger partial charge in [-0.05, 0) is 19.4 Å². The zero-order chi connectivity index (χ0) is 12.1. The minimum absolute atomic E-state index is 0.491. The number of aliphatic imine (C=N–C) groups is 1. The molecule has 0 bridgehead atoms. The predicted molar refractivity (Wildman–Crippen MR) is 70.7 cm³/mol. The third-order valence-corrected chi connectivity index (χ3v) is 3.88. The summed E-state index contributed by atoms with van der Waals surface area (Å²) in [5.74, 6) is 6.51. The van der Waals surface area contributed by atoms with Gasteiger partial charge in [0.2, 0.25) is 5.96 Å². The lowest BCUT2D eigenvalue weighted by Gasteiger charge is -2.35. The maximum atomic E-state index is 5.61. The highest BCUT2D eigenvalue weighted by atomic mass is 15.4. The second kappa shape index (κ2) is 6.21. The van der Waals surface area contributed by atoms with Gasteiger partial charge in [-0.3, -0.25) is 5.43 Å². The van der Waals surface area contributed by atoms with E-state index in [4.69, 9.17) is 10.8 Å². The number of guanidine groups is 1. The number of hydrazine groups is 1. The summed E-state index contributed by atoms with van der Waals surface area (Å²) in [7, 11) is 0. The molecule has 5 nitrogen and oxygen atoms in total. The Morgan fingerprint density at radius 3 is 2.41 bits per heavy atom. The maximum Gasteiger partial charge on any atom is 0.208 e. The van der Waals surface area contributed by atoms with Crippen LogP contribution in [0.2, 0.25) is 0 Å². The molecule has 0 aromatic heterocycles. The smallest absolute Gasteiger partial charge is 0.208 e. The first-order valence-electron chi connectivity index (χ1n) is 6.85. The average molecular weight is 239 g/mol. The van der Waals surface area contributed by atoms with E-state index in [1.54, 1.807) is 0 Å². The van der Waals surface area contributed by atoms with Gasteiger partial charge in [0.25, 0.3) is 0 Å². The van der Waals surface area contributed by atoms with Crippen molar-refractivity contribution in [2.45, 2.75) is 38.6 Å². The summed E-state index contributed by atoms with van der Waals surface area (Å²) in [6.07, 6.45) is 5.07. The second-order valence-electron chi connectivity index (χ2n) is 4.96. The molecule has 0 aromatic rings.